The van der Waals surface area contributed by atoms with E-state index in [0.717, 1.165) is 12.1 Å². The summed E-state index contributed by atoms with van der Waals surface area (Å²) in [4.78, 5) is 0. The number of halogens is 1. The van der Waals surface area contributed by atoms with Gasteiger partial charge in [0.15, 0.2) is 0 Å². The maximum atomic E-state index is 13.5. The molecule has 1 atom stereocenters. The van der Waals surface area contributed by atoms with Gasteiger partial charge in [0.25, 0.3) is 0 Å². The first-order chi connectivity index (χ1) is 7.72. The summed E-state index contributed by atoms with van der Waals surface area (Å²) in [5, 5.41) is 7.99. The quantitative estimate of drug-likeness (QED) is 0.794. The van der Waals surface area contributed by atoms with Crippen LogP contribution >= 0.6 is 0 Å². The Morgan fingerprint density at radius 3 is 2.81 bits per heavy atom. The third kappa shape index (κ3) is 1.96. The Labute approximate surface area is 93.9 Å². The van der Waals surface area contributed by atoms with Crippen molar-refractivity contribution in [3.63, 3.8) is 0 Å². The molecule has 0 spiro atoms. The highest BCUT2D eigenvalue weighted by atomic mass is 19.1. The lowest BCUT2D eigenvalue weighted by molar-refractivity contribution is 0.607. The molecule has 0 fully saturated rings. The number of para-hydroxylation sites is 1. The number of nitrogens with zero attached hydrogens (tertiary/aromatic N) is 3. The predicted molar refractivity (Wildman–Crippen MR) is 60.0 cm³/mol. The van der Waals surface area contributed by atoms with Crippen LogP contribution in [0.25, 0.3) is 5.69 Å². The van der Waals surface area contributed by atoms with Crippen LogP contribution in [-0.2, 0) is 0 Å². The molecule has 0 aliphatic heterocycles. The van der Waals surface area contributed by atoms with Crippen molar-refractivity contribution in [1.82, 2.24) is 15.0 Å². The molecular weight excluding hydrogens is 205 g/mol. The molecule has 3 nitrogen and oxygen atoms in total. The molecule has 0 saturated carbocycles. The van der Waals surface area contributed by atoms with Gasteiger partial charge in [-0.25, -0.2) is 9.07 Å². The lowest BCUT2D eigenvalue weighted by Crippen LogP contribution is -1.97. The van der Waals surface area contributed by atoms with Crippen LogP contribution in [-0.4, -0.2) is 15.0 Å². The van der Waals surface area contributed by atoms with Crippen LogP contribution in [0, 0.1) is 5.82 Å². The van der Waals surface area contributed by atoms with Crippen LogP contribution < -0.4 is 0 Å². The molecule has 0 bridgehead atoms. The summed E-state index contributed by atoms with van der Waals surface area (Å²) in [6, 6.07) is 6.54. The fourth-order valence-electron chi connectivity index (χ4n) is 1.47. The summed E-state index contributed by atoms with van der Waals surface area (Å²) < 4.78 is 15.0. The average molecular weight is 219 g/mol. The standard InChI is InChI=1S/C12H14FN3/c1-3-9(2)11-8-16(15-14-11)12-7-5-4-6-10(12)13/h4-9H,3H2,1-2H3. The van der Waals surface area contributed by atoms with Gasteiger partial charge < -0.3 is 0 Å². The molecule has 4 heteroatoms. The zero-order valence-corrected chi connectivity index (χ0v) is 9.39. The first kappa shape index (κ1) is 10.8. The van der Waals surface area contributed by atoms with Crippen molar-refractivity contribution in [2.75, 3.05) is 0 Å². The van der Waals surface area contributed by atoms with Gasteiger partial charge in [0.2, 0.25) is 0 Å². The molecule has 0 radical (unpaired) electrons. The molecule has 2 rings (SSSR count). The second-order valence-corrected chi connectivity index (χ2v) is 3.85. The molecule has 0 saturated heterocycles. The fraction of sp³-hybridized carbons (Fsp3) is 0.333. The molecule has 1 aromatic heterocycles. The molecule has 0 amide bonds. The first-order valence-electron chi connectivity index (χ1n) is 5.39. The molecule has 1 aromatic carbocycles. The second kappa shape index (κ2) is 4.43. The molecular formula is C12H14FN3. The van der Waals surface area contributed by atoms with Crippen molar-refractivity contribution in [2.24, 2.45) is 0 Å². The molecule has 84 valence electrons. The summed E-state index contributed by atoms with van der Waals surface area (Å²) in [5.41, 5.74) is 1.33. The highest BCUT2D eigenvalue weighted by molar-refractivity contribution is 5.32. The van der Waals surface area contributed by atoms with E-state index in [2.05, 4.69) is 24.2 Å². The Morgan fingerprint density at radius 2 is 2.12 bits per heavy atom. The number of hydrogen-bond donors (Lipinski definition) is 0. The Balaban J connectivity index is 2.35. The van der Waals surface area contributed by atoms with Gasteiger partial charge >= 0.3 is 0 Å². The highest BCUT2D eigenvalue weighted by Gasteiger charge is 2.10. The summed E-state index contributed by atoms with van der Waals surface area (Å²) in [7, 11) is 0. The van der Waals surface area contributed by atoms with Gasteiger partial charge in [0, 0.05) is 5.92 Å². The highest BCUT2D eigenvalue weighted by Crippen LogP contribution is 2.17. The third-order valence-corrected chi connectivity index (χ3v) is 2.73. The SMILES string of the molecule is CCC(C)c1cn(-c2ccccc2F)nn1. The van der Waals surface area contributed by atoms with Crippen LogP contribution in [0.5, 0.6) is 0 Å². The van der Waals surface area contributed by atoms with Crippen LogP contribution in [0.4, 0.5) is 4.39 Å². The van der Waals surface area contributed by atoms with E-state index in [4.69, 9.17) is 0 Å². The Morgan fingerprint density at radius 1 is 1.38 bits per heavy atom. The molecule has 1 unspecified atom stereocenters. The number of rotatable bonds is 3. The lowest BCUT2D eigenvalue weighted by atomic mass is 10.1. The Bertz CT molecular complexity index is 479. The number of aromatic nitrogens is 3. The van der Waals surface area contributed by atoms with Crippen molar-refractivity contribution >= 4 is 0 Å². The smallest absolute Gasteiger partial charge is 0.148 e. The second-order valence-electron chi connectivity index (χ2n) is 3.85. The van der Waals surface area contributed by atoms with Crippen molar-refractivity contribution in [2.45, 2.75) is 26.2 Å². The molecule has 2 aromatic rings. The maximum absolute atomic E-state index is 13.5. The van der Waals surface area contributed by atoms with Gasteiger partial charge in [-0.05, 0) is 18.6 Å². The number of hydrogen-bond acceptors (Lipinski definition) is 2. The van der Waals surface area contributed by atoms with Gasteiger partial charge in [-0.15, -0.1) is 5.10 Å². The van der Waals surface area contributed by atoms with E-state index in [9.17, 15) is 4.39 Å². The van der Waals surface area contributed by atoms with E-state index < -0.39 is 0 Å². The van der Waals surface area contributed by atoms with Crippen LogP contribution in [0.3, 0.4) is 0 Å². The van der Waals surface area contributed by atoms with Gasteiger partial charge in [-0.1, -0.05) is 31.2 Å². The van der Waals surface area contributed by atoms with E-state index in [0.29, 0.717) is 11.6 Å². The largest absolute Gasteiger partial charge is 0.217 e. The third-order valence-electron chi connectivity index (χ3n) is 2.73. The van der Waals surface area contributed by atoms with E-state index in [1.807, 2.05) is 0 Å². The van der Waals surface area contributed by atoms with E-state index in [-0.39, 0.29) is 5.82 Å². The summed E-state index contributed by atoms with van der Waals surface area (Å²) in [6.45, 7) is 4.17. The molecule has 1 heterocycles. The van der Waals surface area contributed by atoms with Crippen LogP contribution in [0.15, 0.2) is 30.5 Å². The average Bonchev–Trinajstić information content (AvgIpc) is 2.78. The first-order valence-corrected chi connectivity index (χ1v) is 5.39. The molecule has 0 aliphatic carbocycles. The van der Waals surface area contributed by atoms with Crippen LogP contribution in [0.1, 0.15) is 31.9 Å². The summed E-state index contributed by atoms with van der Waals surface area (Å²) >= 11 is 0. The van der Waals surface area contributed by atoms with Crippen molar-refractivity contribution in [1.29, 1.82) is 0 Å². The lowest BCUT2D eigenvalue weighted by Gasteiger charge is -2.02. The van der Waals surface area contributed by atoms with Crippen molar-refractivity contribution in [3.8, 4) is 5.69 Å². The van der Waals surface area contributed by atoms with Gasteiger partial charge in [0.05, 0.1) is 11.9 Å². The topological polar surface area (TPSA) is 30.7 Å². The summed E-state index contributed by atoms with van der Waals surface area (Å²) in [5.74, 6) is 0.0589. The molecule has 16 heavy (non-hydrogen) atoms. The summed E-state index contributed by atoms with van der Waals surface area (Å²) in [6.07, 6.45) is 2.78. The monoisotopic (exact) mass is 219 g/mol. The minimum Gasteiger partial charge on any atom is -0.217 e. The Hall–Kier alpha value is -1.71. The zero-order chi connectivity index (χ0) is 11.5. The molecule has 0 N–H and O–H groups in total. The van der Waals surface area contributed by atoms with E-state index in [1.54, 1.807) is 24.4 Å². The van der Waals surface area contributed by atoms with Crippen molar-refractivity contribution in [3.05, 3.63) is 42.0 Å². The minimum absolute atomic E-state index is 0.289. The van der Waals surface area contributed by atoms with E-state index in [1.165, 1.54) is 10.7 Å². The molecule has 0 aliphatic rings. The Kier molecular flexibility index (Phi) is 2.99. The normalized spacial score (nSPS) is 12.7. The fourth-order valence-corrected chi connectivity index (χ4v) is 1.47. The van der Waals surface area contributed by atoms with E-state index >= 15 is 0 Å². The van der Waals surface area contributed by atoms with Gasteiger partial charge in [-0.2, -0.15) is 0 Å². The van der Waals surface area contributed by atoms with Gasteiger partial charge in [-0.3, -0.25) is 0 Å². The van der Waals surface area contributed by atoms with Crippen molar-refractivity contribution < 1.29 is 4.39 Å². The number of benzene rings is 1. The minimum atomic E-state index is -0.289. The van der Waals surface area contributed by atoms with Gasteiger partial charge in [0.1, 0.15) is 11.5 Å². The predicted octanol–water partition coefficient (Wildman–Crippen LogP) is 2.92. The van der Waals surface area contributed by atoms with Crippen LogP contribution in [0.2, 0.25) is 0 Å². The zero-order valence-electron chi connectivity index (χ0n) is 9.39. The maximum Gasteiger partial charge on any atom is 0.148 e.